The third-order valence-corrected chi connectivity index (χ3v) is 2.13. The number of hydrogen-bond donors (Lipinski definition) is 2. The molecule has 0 saturated carbocycles. The highest BCUT2D eigenvalue weighted by atomic mass is 19.4. The van der Waals surface area contributed by atoms with Crippen molar-refractivity contribution in [3.8, 4) is 0 Å². The van der Waals surface area contributed by atoms with Gasteiger partial charge in [0.05, 0.1) is 6.61 Å². The number of hydrogen-bond acceptors (Lipinski definition) is 3. The maximum Gasteiger partial charge on any atom is 0.423 e. The zero-order valence-electron chi connectivity index (χ0n) is 10.5. The van der Waals surface area contributed by atoms with Crippen LogP contribution < -0.4 is 5.32 Å². The average Bonchev–Trinajstić information content (AvgIpc) is 2.18. The number of alkyl halides is 6. The molecule has 0 rings (SSSR count). The Hall–Kier alpha value is -0.540. The van der Waals surface area contributed by atoms with E-state index in [1.807, 2.05) is 0 Å². The quantitative estimate of drug-likeness (QED) is 0.708. The first-order chi connectivity index (χ1) is 8.48. The highest BCUT2D eigenvalue weighted by Gasteiger charge is 2.57. The number of aliphatic hydroxyl groups excluding tert-OH is 1. The second kappa shape index (κ2) is 7.30. The lowest BCUT2D eigenvalue weighted by atomic mass is 10.2. The normalized spacial score (nSPS) is 15.3. The molecule has 1 atom stereocenters. The van der Waals surface area contributed by atoms with E-state index >= 15 is 0 Å². The van der Waals surface area contributed by atoms with Gasteiger partial charge in [0, 0.05) is 18.7 Å². The number of nitrogens with one attached hydrogen (secondary N) is 1. The average molecular weight is 297 g/mol. The Balaban J connectivity index is 4.34. The second-order valence-corrected chi connectivity index (χ2v) is 4.32. The molecule has 0 spiro atoms. The summed E-state index contributed by atoms with van der Waals surface area (Å²) in [6.07, 6.45) is -15.0. The fourth-order valence-corrected chi connectivity index (χ4v) is 1.40. The molecule has 0 aliphatic carbocycles. The van der Waals surface area contributed by atoms with Crippen molar-refractivity contribution in [2.45, 2.75) is 50.8 Å². The minimum atomic E-state index is -5.50. The van der Waals surface area contributed by atoms with E-state index in [2.05, 4.69) is 10.1 Å². The molecule has 116 valence electrons. The monoisotopic (exact) mass is 297 g/mol. The fourth-order valence-electron chi connectivity index (χ4n) is 1.40. The zero-order valence-corrected chi connectivity index (χ0v) is 10.5. The lowest BCUT2D eigenvalue weighted by Crippen LogP contribution is -2.45. The summed E-state index contributed by atoms with van der Waals surface area (Å²) in [5, 5.41) is 11.7. The molecule has 9 heteroatoms. The topological polar surface area (TPSA) is 41.5 Å². The van der Waals surface area contributed by atoms with Crippen molar-refractivity contribution in [3.63, 3.8) is 0 Å². The predicted octanol–water partition coefficient (Wildman–Crippen LogP) is 2.25. The number of ether oxygens (including phenoxy) is 1. The van der Waals surface area contributed by atoms with Gasteiger partial charge in [0.1, 0.15) is 0 Å². The van der Waals surface area contributed by atoms with E-state index in [0.29, 0.717) is 0 Å². The molecular formula is C10H17F6NO2. The van der Waals surface area contributed by atoms with Gasteiger partial charge in [-0.3, -0.25) is 0 Å². The van der Waals surface area contributed by atoms with Crippen LogP contribution in [0.5, 0.6) is 0 Å². The van der Waals surface area contributed by atoms with Gasteiger partial charge in [-0.15, -0.1) is 0 Å². The highest BCUT2D eigenvalue weighted by Crippen LogP contribution is 2.35. The minimum absolute atomic E-state index is 0.0572. The first-order valence-electron chi connectivity index (χ1n) is 5.60. The van der Waals surface area contributed by atoms with E-state index in [4.69, 9.17) is 5.11 Å². The first-order valence-corrected chi connectivity index (χ1v) is 5.60. The summed E-state index contributed by atoms with van der Waals surface area (Å²) >= 11 is 0. The summed E-state index contributed by atoms with van der Waals surface area (Å²) in [7, 11) is 0. The molecule has 1 unspecified atom stereocenters. The number of rotatable bonds is 7. The van der Waals surface area contributed by atoms with Crippen LogP contribution in [0.3, 0.4) is 0 Å². The molecule has 0 aromatic heterocycles. The SMILES string of the molecule is CC(C)NC(CO)CCOC(C(F)(F)F)C(F)(F)F. The number of halogens is 6. The standard InChI is InChI=1S/C10H17F6NO2/c1-6(2)17-7(5-18)3-4-19-8(9(11,12)13)10(14,15)16/h6-8,17-18H,3-5H2,1-2H3. The van der Waals surface area contributed by atoms with E-state index in [9.17, 15) is 26.3 Å². The van der Waals surface area contributed by atoms with E-state index in [-0.39, 0.29) is 12.5 Å². The molecule has 0 amide bonds. The van der Waals surface area contributed by atoms with Gasteiger partial charge >= 0.3 is 12.4 Å². The molecular weight excluding hydrogens is 280 g/mol. The Labute approximate surface area is 106 Å². The maximum absolute atomic E-state index is 12.1. The van der Waals surface area contributed by atoms with Crippen LogP contribution in [-0.2, 0) is 4.74 Å². The molecule has 0 aliphatic rings. The molecule has 0 aromatic carbocycles. The predicted molar refractivity (Wildman–Crippen MR) is 55.6 cm³/mol. The van der Waals surface area contributed by atoms with Crippen LogP contribution in [0.25, 0.3) is 0 Å². The van der Waals surface area contributed by atoms with Crippen LogP contribution in [0.15, 0.2) is 0 Å². The van der Waals surface area contributed by atoms with Crippen LogP contribution in [0, 0.1) is 0 Å². The summed E-state index contributed by atoms with van der Waals surface area (Å²) in [5.41, 5.74) is 0. The molecule has 0 fully saturated rings. The molecule has 0 heterocycles. The van der Waals surface area contributed by atoms with Crippen molar-refractivity contribution in [1.82, 2.24) is 5.32 Å². The van der Waals surface area contributed by atoms with Crippen molar-refractivity contribution in [3.05, 3.63) is 0 Å². The van der Waals surface area contributed by atoms with E-state index in [1.165, 1.54) is 0 Å². The number of aliphatic hydroxyl groups is 1. The van der Waals surface area contributed by atoms with Gasteiger partial charge in [0.2, 0.25) is 6.10 Å². The van der Waals surface area contributed by atoms with Crippen LogP contribution in [0.2, 0.25) is 0 Å². The van der Waals surface area contributed by atoms with Gasteiger partial charge in [-0.1, -0.05) is 13.8 Å². The lowest BCUT2D eigenvalue weighted by molar-refractivity contribution is -0.322. The van der Waals surface area contributed by atoms with Crippen LogP contribution in [0.4, 0.5) is 26.3 Å². The van der Waals surface area contributed by atoms with Gasteiger partial charge in [0.15, 0.2) is 0 Å². The molecule has 0 saturated heterocycles. The molecule has 2 N–H and O–H groups in total. The lowest BCUT2D eigenvalue weighted by Gasteiger charge is -2.24. The van der Waals surface area contributed by atoms with Crippen LogP contribution >= 0.6 is 0 Å². The molecule has 0 radical (unpaired) electrons. The third-order valence-electron chi connectivity index (χ3n) is 2.13. The second-order valence-electron chi connectivity index (χ2n) is 4.32. The Morgan fingerprint density at radius 2 is 1.53 bits per heavy atom. The Bertz CT molecular complexity index is 239. The van der Waals surface area contributed by atoms with Gasteiger partial charge in [-0.2, -0.15) is 26.3 Å². The fraction of sp³-hybridized carbons (Fsp3) is 1.00. The molecule has 0 bridgehead atoms. The van der Waals surface area contributed by atoms with Crippen molar-refractivity contribution in [1.29, 1.82) is 0 Å². The molecule has 19 heavy (non-hydrogen) atoms. The van der Waals surface area contributed by atoms with Crippen LogP contribution in [-0.4, -0.2) is 48.9 Å². The smallest absolute Gasteiger partial charge is 0.395 e. The maximum atomic E-state index is 12.1. The van der Waals surface area contributed by atoms with Crippen molar-refractivity contribution in [2.24, 2.45) is 0 Å². The summed E-state index contributed by atoms with van der Waals surface area (Å²) in [5.74, 6) is 0. The van der Waals surface area contributed by atoms with E-state index in [0.717, 1.165) is 0 Å². The minimum Gasteiger partial charge on any atom is -0.395 e. The highest BCUT2D eigenvalue weighted by molar-refractivity contribution is 4.76. The molecule has 0 aliphatic heterocycles. The van der Waals surface area contributed by atoms with E-state index in [1.54, 1.807) is 13.8 Å². The van der Waals surface area contributed by atoms with Gasteiger partial charge in [0.25, 0.3) is 0 Å². The zero-order chi connectivity index (χ0) is 15.3. The molecule has 3 nitrogen and oxygen atoms in total. The summed E-state index contributed by atoms with van der Waals surface area (Å²) in [6.45, 7) is 2.31. The Morgan fingerprint density at radius 1 is 1.05 bits per heavy atom. The first kappa shape index (κ1) is 18.5. The van der Waals surface area contributed by atoms with E-state index < -0.39 is 37.7 Å². The molecule has 0 aromatic rings. The van der Waals surface area contributed by atoms with Crippen LogP contribution in [0.1, 0.15) is 20.3 Å². The summed E-state index contributed by atoms with van der Waals surface area (Å²) in [4.78, 5) is 0. The van der Waals surface area contributed by atoms with Gasteiger partial charge in [-0.25, -0.2) is 0 Å². The van der Waals surface area contributed by atoms with Gasteiger partial charge < -0.3 is 15.2 Å². The Kier molecular flexibility index (Phi) is 7.09. The largest absolute Gasteiger partial charge is 0.423 e. The van der Waals surface area contributed by atoms with Gasteiger partial charge in [-0.05, 0) is 6.42 Å². The summed E-state index contributed by atoms with van der Waals surface area (Å²) in [6, 6.07) is -0.666. The van der Waals surface area contributed by atoms with Crippen molar-refractivity contribution in [2.75, 3.05) is 13.2 Å². The summed E-state index contributed by atoms with van der Waals surface area (Å²) < 4.78 is 76.6. The van der Waals surface area contributed by atoms with Crippen molar-refractivity contribution >= 4 is 0 Å². The third kappa shape index (κ3) is 7.58. The van der Waals surface area contributed by atoms with Crippen molar-refractivity contribution < 1.29 is 36.2 Å². The Morgan fingerprint density at radius 3 is 1.84 bits per heavy atom.